The van der Waals surface area contributed by atoms with Crippen molar-refractivity contribution >= 4 is 34.5 Å². The van der Waals surface area contributed by atoms with Crippen molar-refractivity contribution in [1.29, 1.82) is 0 Å². The highest BCUT2D eigenvalue weighted by molar-refractivity contribution is 7.80. The SMILES string of the molecule is S=C1N[C@@H]2CCC[C@@H]2C(=Nc2ccccc2)N1c1ccccc1. The monoisotopic (exact) mass is 321 g/mol. The fourth-order valence-corrected chi connectivity index (χ4v) is 3.88. The van der Waals surface area contributed by atoms with E-state index in [4.69, 9.17) is 17.2 Å². The molecule has 0 bridgehead atoms. The maximum Gasteiger partial charge on any atom is 0.179 e. The van der Waals surface area contributed by atoms with Gasteiger partial charge in [0.05, 0.1) is 5.69 Å². The smallest absolute Gasteiger partial charge is 0.179 e. The Morgan fingerprint density at radius 2 is 1.65 bits per heavy atom. The Balaban J connectivity index is 1.81. The molecule has 2 aromatic rings. The zero-order valence-corrected chi connectivity index (χ0v) is 13.7. The zero-order chi connectivity index (χ0) is 15.6. The van der Waals surface area contributed by atoms with E-state index in [-0.39, 0.29) is 0 Å². The summed E-state index contributed by atoms with van der Waals surface area (Å²) in [5, 5.41) is 4.28. The zero-order valence-electron chi connectivity index (χ0n) is 12.9. The highest BCUT2D eigenvalue weighted by atomic mass is 32.1. The summed E-state index contributed by atoms with van der Waals surface area (Å²) in [4.78, 5) is 7.09. The molecule has 1 heterocycles. The van der Waals surface area contributed by atoms with Crippen LogP contribution in [0, 0.1) is 5.92 Å². The van der Waals surface area contributed by atoms with E-state index in [9.17, 15) is 0 Å². The van der Waals surface area contributed by atoms with Gasteiger partial charge in [0.2, 0.25) is 0 Å². The van der Waals surface area contributed by atoms with Crippen LogP contribution in [0.25, 0.3) is 0 Å². The molecule has 4 rings (SSSR count). The Hall–Kier alpha value is -2.20. The lowest BCUT2D eigenvalue weighted by atomic mass is 9.98. The van der Waals surface area contributed by atoms with Crippen LogP contribution in [0.2, 0.25) is 0 Å². The van der Waals surface area contributed by atoms with Gasteiger partial charge in [-0.2, -0.15) is 0 Å². The van der Waals surface area contributed by atoms with Gasteiger partial charge in [-0.3, -0.25) is 4.90 Å². The van der Waals surface area contributed by atoms with Crippen molar-refractivity contribution in [3.8, 4) is 0 Å². The minimum Gasteiger partial charge on any atom is -0.358 e. The van der Waals surface area contributed by atoms with Crippen LogP contribution < -0.4 is 10.2 Å². The van der Waals surface area contributed by atoms with Gasteiger partial charge in [-0.15, -0.1) is 0 Å². The number of anilines is 1. The average Bonchev–Trinajstić information content (AvgIpc) is 3.05. The molecule has 0 radical (unpaired) electrons. The number of aliphatic imine (C=N–C) groups is 1. The largest absolute Gasteiger partial charge is 0.358 e. The van der Waals surface area contributed by atoms with Gasteiger partial charge in [0, 0.05) is 17.6 Å². The van der Waals surface area contributed by atoms with Crippen LogP contribution in [0.4, 0.5) is 11.4 Å². The van der Waals surface area contributed by atoms with Crippen LogP contribution in [-0.2, 0) is 0 Å². The summed E-state index contributed by atoms with van der Waals surface area (Å²) >= 11 is 5.66. The van der Waals surface area contributed by atoms with E-state index in [2.05, 4.69) is 22.3 Å². The van der Waals surface area contributed by atoms with Crippen LogP contribution in [0.1, 0.15) is 19.3 Å². The number of para-hydroxylation sites is 2. The van der Waals surface area contributed by atoms with Gasteiger partial charge in [-0.05, 0) is 49.3 Å². The number of nitrogens with zero attached hydrogens (tertiary/aromatic N) is 2. The molecule has 1 aliphatic carbocycles. The number of rotatable bonds is 2. The number of hydrogen-bond donors (Lipinski definition) is 1. The third-order valence-electron chi connectivity index (χ3n) is 4.60. The molecule has 116 valence electrons. The quantitative estimate of drug-likeness (QED) is 0.837. The van der Waals surface area contributed by atoms with Crippen molar-refractivity contribution in [3.05, 3.63) is 60.7 Å². The molecule has 0 amide bonds. The first-order chi connectivity index (χ1) is 11.3. The molecule has 0 unspecified atom stereocenters. The van der Waals surface area contributed by atoms with E-state index in [1.165, 1.54) is 12.8 Å². The second-order valence-electron chi connectivity index (χ2n) is 6.07. The summed E-state index contributed by atoms with van der Waals surface area (Å²) in [5.74, 6) is 1.50. The first-order valence-electron chi connectivity index (χ1n) is 8.12. The molecule has 1 aliphatic heterocycles. The second kappa shape index (κ2) is 6.13. The highest BCUT2D eigenvalue weighted by Crippen LogP contribution is 2.34. The van der Waals surface area contributed by atoms with E-state index in [0.717, 1.165) is 28.7 Å². The van der Waals surface area contributed by atoms with Crippen LogP contribution in [0.5, 0.6) is 0 Å². The van der Waals surface area contributed by atoms with E-state index in [0.29, 0.717) is 12.0 Å². The summed E-state index contributed by atoms with van der Waals surface area (Å²) in [5.41, 5.74) is 2.06. The molecule has 2 fully saturated rings. The first-order valence-corrected chi connectivity index (χ1v) is 8.53. The Bertz CT molecular complexity index is 727. The number of amidine groups is 1. The third-order valence-corrected chi connectivity index (χ3v) is 4.90. The van der Waals surface area contributed by atoms with Gasteiger partial charge < -0.3 is 5.32 Å². The maximum absolute atomic E-state index is 5.66. The lowest BCUT2D eigenvalue weighted by Gasteiger charge is -2.39. The summed E-state index contributed by atoms with van der Waals surface area (Å²) in [6.07, 6.45) is 3.55. The summed E-state index contributed by atoms with van der Waals surface area (Å²) in [6, 6.07) is 20.9. The summed E-state index contributed by atoms with van der Waals surface area (Å²) in [6.45, 7) is 0. The maximum atomic E-state index is 5.66. The predicted molar refractivity (Wildman–Crippen MR) is 99.3 cm³/mol. The predicted octanol–water partition coefficient (Wildman–Crippen LogP) is 4.28. The van der Waals surface area contributed by atoms with Gasteiger partial charge in [0.15, 0.2) is 5.11 Å². The van der Waals surface area contributed by atoms with E-state index in [1.54, 1.807) is 0 Å². The minimum absolute atomic E-state index is 0.419. The van der Waals surface area contributed by atoms with Gasteiger partial charge in [0.25, 0.3) is 0 Å². The van der Waals surface area contributed by atoms with Gasteiger partial charge in [-0.1, -0.05) is 42.8 Å². The van der Waals surface area contributed by atoms with E-state index in [1.807, 2.05) is 48.5 Å². The van der Waals surface area contributed by atoms with Crippen LogP contribution >= 0.6 is 12.2 Å². The molecule has 2 atom stereocenters. The normalized spacial score (nSPS) is 25.3. The Kier molecular flexibility index (Phi) is 3.83. The number of fused-ring (bicyclic) bond motifs is 1. The standard InChI is InChI=1S/C19H19N3S/c23-19-21-17-13-7-12-16(17)18(20-14-8-3-1-4-9-14)22(19)15-10-5-2-6-11-15/h1-6,8-11,16-17H,7,12-13H2,(H,21,23)/t16-,17+/m0/s1. The van der Waals surface area contributed by atoms with Crippen LogP contribution in [0.3, 0.4) is 0 Å². The molecule has 2 aliphatic rings. The number of nitrogens with one attached hydrogen (secondary N) is 1. The molecule has 1 N–H and O–H groups in total. The Morgan fingerprint density at radius 1 is 0.957 bits per heavy atom. The third kappa shape index (κ3) is 2.75. The molecule has 1 saturated heterocycles. The van der Waals surface area contributed by atoms with Crippen molar-refractivity contribution in [1.82, 2.24) is 5.32 Å². The molecule has 0 aromatic heterocycles. The van der Waals surface area contributed by atoms with Gasteiger partial charge >= 0.3 is 0 Å². The van der Waals surface area contributed by atoms with E-state index >= 15 is 0 Å². The molecule has 4 heteroatoms. The fourth-order valence-electron chi connectivity index (χ4n) is 3.53. The minimum atomic E-state index is 0.419. The van der Waals surface area contributed by atoms with Crippen LogP contribution in [0.15, 0.2) is 65.7 Å². The second-order valence-corrected chi connectivity index (χ2v) is 6.46. The Morgan fingerprint density at radius 3 is 2.39 bits per heavy atom. The highest BCUT2D eigenvalue weighted by Gasteiger charge is 2.40. The van der Waals surface area contributed by atoms with Gasteiger partial charge in [-0.25, -0.2) is 4.99 Å². The number of benzene rings is 2. The van der Waals surface area contributed by atoms with Crippen molar-refractivity contribution in [2.24, 2.45) is 10.9 Å². The number of hydrogen-bond acceptors (Lipinski definition) is 2. The lowest BCUT2D eigenvalue weighted by Crippen LogP contribution is -2.58. The van der Waals surface area contributed by atoms with Crippen LogP contribution in [-0.4, -0.2) is 17.0 Å². The van der Waals surface area contributed by atoms with Crippen molar-refractivity contribution in [3.63, 3.8) is 0 Å². The Labute approximate surface area is 142 Å². The molecule has 3 nitrogen and oxygen atoms in total. The summed E-state index contributed by atoms with van der Waals surface area (Å²) < 4.78 is 0. The van der Waals surface area contributed by atoms with Gasteiger partial charge in [0.1, 0.15) is 5.84 Å². The molecule has 2 aromatic carbocycles. The molecular weight excluding hydrogens is 302 g/mol. The van der Waals surface area contributed by atoms with Crippen molar-refractivity contribution < 1.29 is 0 Å². The number of thiocarbonyl (C=S) groups is 1. The average molecular weight is 321 g/mol. The molecule has 0 spiro atoms. The molecule has 23 heavy (non-hydrogen) atoms. The summed E-state index contributed by atoms with van der Waals surface area (Å²) in [7, 11) is 0. The molecule has 1 saturated carbocycles. The fraction of sp³-hybridized carbons (Fsp3) is 0.263. The van der Waals surface area contributed by atoms with E-state index < -0.39 is 0 Å². The van der Waals surface area contributed by atoms with Crippen molar-refractivity contribution in [2.45, 2.75) is 25.3 Å². The lowest BCUT2D eigenvalue weighted by molar-refractivity contribution is 0.539. The topological polar surface area (TPSA) is 27.6 Å². The first kappa shape index (κ1) is 14.4. The molecular formula is C19H19N3S. The van der Waals surface area contributed by atoms with Crippen molar-refractivity contribution in [2.75, 3.05) is 4.90 Å².